The molecule has 1 aromatic heterocycles. The van der Waals surface area contributed by atoms with Gasteiger partial charge < -0.3 is 9.80 Å². The molecule has 0 aromatic carbocycles. The highest BCUT2D eigenvalue weighted by Gasteiger charge is 2.27. The Balaban J connectivity index is 2.02. The van der Waals surface area contributed by atoms with Crippen molar-refractivity contribution in [3.05, 3.63) is 5.82 Å². The second kappa shape index (κ2) is 8.57. The van der Waals surface area contributed by atoms with E-state index in [1.54, 1.807) is 38.0 Å². The second-order valence-electron chi connectivity index (χ2n) is 6.57. The molecular formula is C15H25N7O4S. The molecule has 0 spiro atoms. The molecule has 1 saturated heterocycles. The normalized spacial score (nSPS) is 15.2. The van der Waals surface area contributed by atoms with E-state index in [-0.39, 0.29) is 49.3 Å². The van der Waals surface area contributed by atoms with Gasteiger partial charge in [0.2, 0.25) is 33.7 Å². The highest BCUT2D eigenvalue weighted by molar-refractivity contribution is 7.89. The van der Waals surface area contributed by atoms with Crippen LogP contribution in [0.2, 0.25) is 0 Å². The molecule has 150 valence electrons. The number of hydrogen-bond acceptors (Lipinski definition) is 9. The van der Waals surface area contributed by atoms with Gasteiger partial charge in [-0.15, -0.1) is 0 Å². The molecule has 27 heavy (non-hydrogen) atoms. The first-order chi connectivity index (χ1) is 12.6. The van der Waals surface area contributed by atoms with E-state index in [1.807, 2.05) is 0 Å². The van der Waals surface area contributed by atoms with E-state index in [0.717, 1.165) is 4.90 Å². The van der Waals surface area contributed by atoms with E-state index in [9.17, 15) is 18.0 Å². The lowest BCUT2D eigenvalue weighted by Crippen LogP contribution is -2.44. The number of hydrogen-bond donors (Lipinski definition) is 1. The van der Waals surface area contributed by atoms with Crippen LogP contribution in [-0.2, 0) is 26.2 Å². The number of piperidine rings is 1. The number of nitrogens with one attached hydrogen (secondary N) is 1. The van der Waals surface area contributed by atoms with E-state index in [1.165, 1.54) is 0 Å². The van der Waals surface area contributed by atoms with Crippen LogP contribution in [0.3, 0.4) is 0 Å². The summed E-state index contributed by atoms with van der Waals surface area (Å²) in [4.78, 5) is 40.6. The molecule has 2 rings (SSSR count). The summed E-state index contributed by atoms with van der Waals surface area (Å²) in [5, 5.41) is 0. The number of sulfonamides is 1. The van der Waals surface area contributed by atoms with E-state index in [2.05, 4.69) is 19.7 Å². The zero-order chi connectivity index (χ0) is 20.2. The molecule has 1 N–H and O–H groups in total. The van der Waals surface area contributed by atoms with Gasteiger partial charge in [0.05, 0.1) is 12.3 Å². The van der Waals surface area contributed by atoms with Crippen molar-refractivity contribution in [2.45, 2.75) is 25.8 Å². The Labute approximate surface area is 158 Å². The molecule has 1 fully saturated rings. The summed E-state index contributed by atoms with van der Waals surface area (Å²) in [5.41, 5.74) is 0. The monoisotopic (exact) mass is 399 g/mol. The van der Waals surface area contributed by atoms with Gasteiger partial charge in [-0.2, -0.15) is 15.0 Å². The van der Waals surface area contributed by atoms with Gasteiger partial charge in [0.25, 0.3) is 0 Å². The summed E-state index contributed by atoms with van der Waals surface area (Å²) in [6.07, 6.45) is 1.05. The number of carbonyl (C=O) groups is 2. The Morgan fingerprint density at radius 3 is 1.96 bits per heavy atom. The predicted octanol–water partition coefficient (Wildman–Crippen LogP) is -1.04. The second-order valence-corrected chi connectivity index (χ2v) is 8.50. The number of rotatable bonds is 8. The maximum Gasteiger partial charge on any atom is 0.229 e. The first-order valence-electron chi connectivity index (χ1n) is 8.49. The van der Waals surface area contributed by atoms with Gasteiger partial charge in [-0.3, -0.25) is 14.5 Å². The van der Waals surface area contributed by atoms with Crippen LogP contribution < -0.4 is 14.5 Å². The minimum atomic E-state index is -3.72. The standard InChI is InChI=1S/C15H25N7O4S/c1-20(2)14-17-11(18-15(19-14)21(3)4)10-16-27(25,26)9-8-22-12(23)6-5-7-13(22)24/h16H,5-10H2,1-4H3. The van der Waals surface area contributed by atoms with Gasteiger partial charge >= 0.3 is 0 Å². The average molecular weight is 399 g/mol. The third-order valence-electron chi connectivity index (χ3n) is 3.88. The first kappa shape index (κ1) is 21.0. The molecule has 12 heteroatoms. The van der Waals surface area contributed by atoms with E-state index >= 15 is 0 Å². The molecular weight excluding hydrogens is 374 g/mol. The first-order valence-corrected chi connectivity index (χ1v) is 10.1. The average Bonchev–Trinajstić information content (AvgIpc) is 2.59. The van der Waals surface area contributed by atoms with Gasteiger partial charge in [0.15, 0.2) is 5.82 Å². The lowest BCUT2D eigenvalue weighted by Gasteiger charge is -2.24. The van der Waals surface area contributed by atoms with Gasteiger partial charge in [-0.05, 0) is 6.42 Å². The molecule has 11 nitrogen and oxygen atoms in total. The summed E-state index contributed by atoms with van der Waals surface area (Å²) in [5.74, 6) is 0.0673. The van der Waals surface area contributed by atoms with Crippen LogP contribution in [0, 0.1) is 0 Å². The number of anilines is 2. The lowest BCUT2D eigenvalue weighted by atomic mass is 10.1. The van der Waals surface area contributed by atoms with Crippen molar-refractivity contribution in [2.75, 3.05) is 50.3 Å². The van der Waals surface area contributed by atoms with Gasteiger partial charge in [-0.25, -0.2) is 13.1 Å². The summed E-state index contributed by atoms with van der Waals surface area (Å²) in [7, 11) is 3.38. The fourth-order valence-corrected chi connectivity index (χ4v) is 3.30. The lowest BCUT2D eigenvalue weighted by molar-refractivity contribution is -0.147. The fraction of sp³-hybridized carbons (Fsp3) is 0.667. The maximum atomic E-state index is 12.2. The molecule has 0 unspecified atom stereocenters. The third kappa shape index (κ3) is 5.82. The van der Waals surface area contributed by atoms with Crippen LogP contribution in [0.5, 0.6) is 0 Å². The number of nitrogens with zero attached hydrogens (tertiary/aromatic N) is 6. The molecule has 0 saturated carbocycles. The van der Waals surface area contributed by atoms with Gasteiger partial charge in [0.1, 0.15) is 0 Å². The molecule has 2 heterocycles. The summed E-state index contributed by atoms with van der Waals surface area (Å²) < 4.78 is 26.9. The topological polar surface area (TPSA) is 129 Å². The number of aromatic nitrogens is 3. The number of carbonyl (C=O) groups excluding carboxylic acids is 2. The summed E-state index contributed by atoms with van der Waals surface area (Å²) in [6.45, 7) is -0.273. The molecule has 0 atom stereocenters. The highest BCUT2D eigenvalue weighted by Crippen LogP contribution is 2.13. The minimum Gasteiger partial charge on any atom is -0.347 e. The van der Waals surface area contributed by atoms with Crippen molar-refractivity contribution < 1.29 is 18.0 Å². The van der Waals surface area contributed by atoms with Crippen LogP contribution in [0.1, 0.15) is 25.1 Å². The molecule has 2 amide bonds. The van der Waals surface area contributed by atoms with Crippen molar-refractivity contribution >= 4 is 33.7 Å². The van der Waals surface area contributed by atoms with Crippen LogP contribution in [0.4, 0.5) is 11.9 Å². The van der Waals surface area contributed by atoms with E-state index in [4.69, 9.17) is 0 Å². The largest absolute Gasteiger partial charge is 0.347 e. The third-order valence-corrected chi connectivity index (χ3v) is 5.18. The van der Waals surface area contributed by atoms with Crippen LogP contribution in [0.15, 0.2) is 0 Å². The van der Waals surface area contributed by atoms with Crippen molar-refractivity contribution in [1.29, 1.82) is 0 Å². The molecule has 1 aliphatic rings. The maximum absolute atomic E-state index is 12.2. The predicted molar refractivity (Wildman–Crippen MR) is 99.7 cm³/mol. The molecule has 0 radical (unpaired) electrons. The molecule has 0 aliphatic carbocycles. The number of imide groups is 1. The molecule has 1 aromatic rings. The van der Waals surface area contributed by atoms with Crippen LogP contribution in [-0.4, -0.2) is 80.6 Å². The van der Waals surface area contributed by atoms with Crippen LogP contribution in [0.25, 0.3) is 0 Å². The Morgan fingerprint density at radius 2 is 1.48 bits per heavy atom. The SMILES string of the molecule is CN(C)c1nc(CNS(=O)(=O)CCN2C(=O)CCCC2=O)nc(N(C)C)n1. The fourth-order valence-electron chi connectivity index (χ4n) is 2.38. The zero-order valence-corrected chi connectivity index (χ0v) is 16.8. The molecule has 1 aliphatic heterocycles. The van der Waals surface area contributed by atoms with Gasteiger partial charge in [0, 0.05) is 47.6 Å². The summed E-state index contributed by atoms with van der Waals surface area (Å²) >= 11 is 0. The van der Waals surface area contributed by atoms with Gasteiger partial charge in [-0.1, -0.05) is 0 Å². The van der Waals surface area contributed by atoms with E-state index in [0.29, 0.717) is 18.3 Å². The Kier molecular flexibility index (Phi) is 6.65. The zero-order valence-electron chi connectivity index (χ0n) is 16.0. The number of amides is 2. The van der Waals surface area contributed by atoms with E-state index < -0.39 is 10.0 Å². The van der Waals surface area contributed by atoms with Crippen molar-refractivity contribution in [3.8, 4) is 0 Å². The summed E-state index contributed by atoms with van der Waals surface area (Å²) in [6, 6.07) is 0. The van der Waals surface area contributed by atoms with Crippen molar-refractivity contribution in [2.24, 2.45) is 0 Å². The highest BCUT2D eigenvalue weighted by atomic mass is 32.2. The van der Waals surface area contributed by atoms with Crippen molar-refractivity contribution in [3.63, 3.8) is 0 Å². The van der Waals surface area contributed by atoms with Crippen molar-refractivity contribution in [1.82, 2.24) is 24.6 Å². The number of likely N-dealkylation sites (tertiary alicyclic amines) is 1. The Bertz CT molecular complexity index is 768. The Hall–Kier alpha value is -2.34. The smallest absolute Gasteiger partial charge is 0.229 e. The molecule has 0 bridgehead atoms. The Morgan fingerprint density at radius 1 is 0.963 bits per heavy atom. The minimum absolute atomic E-state index is 0.117. The quantitative estimate of drug-likeness (QED) is 0.545. The van der Waals surface area contributed by atoms with Crippen LogP contribution >= 0.6 is 0 Å².